The van der Waals surface area contributed by atoms with E-state index in [0.717, 1.165) is 0 Å². The van der Waals surface area contributed by atoms with Gasteiger partial charge in [0, 0.05) is 0 Å². The number of halogens is 1. The van der Waals surface area contributed by atoms with Gasteiger partial charge in [0.15, 0.2) is 0 Å². The fourth-order valence-electron chi connectivity index (χ4n) is 2.34. The minimum absolute atomic E-state index is 0.358. The van der Waals surface area contributed by atoms with Crippen molar-refractivity contribution in [2.75, 3.05) is 0 Å². The molecule has 0 spiro atoms. The maximum Gasteiger partial charge on any atom is 0.326 e. The fourth-order valence-corrected chi connectivity index (χ4v) is 6.62. The summed E-state index contributed by atoms with van der Waals surface area (Å²) in [5.41, 5.74) is 0. The standard InChI is InChI=1S/C12H21FOSi/c1-11(2,3)15(13,12(4,5)6)10-8-7-9-14-10/h7-9H,1-6H3. The molecule has 0 saturated carbocycles. The number of hydrogen-bond acceptors (Lipinski definition) is 1. The van der Waals surface area contributed by atoms with E-state index in [-0.39, 0.29) is 10.1 Å². The molecule has 0 aromatic carbocycles. The van der Waals surface area contributed by atoms with Crippen molar-refractivity contribution in [3.63, 3.8) is 0 Å². The Balaban J connectivity index is 3.33. The van der Waals surface area contributed by atoms with Gasteiger partial charge in [0.25, 0.3) is 0 Å². The van der Waals surface area contributed by atoms with Crippen molar-refractivity contribution >= 4 is 13.8 Å². The van der Waals surface area contributed by atoms with Crippen LogP contribution in [-0.2, 0) is 0 Å². The summed E-state index contributed by atoms with van der Waals surface area (Å²) in [6.45, 7) is 11.8. The molecule has 0 amide bonds. The zero-order valence-electron chi connectivity index (χ0n) is 10.5. The Morgan fingerprint density at radius 3 is 1.80 bits per heavy atom. The van der Waals surface area contributed by atoms with E-state index in [9.17, 15) is 0 Å². The lowest BCUT2D eigenvalue weighted by Gasteiger charge is -2.42. The zero-order chi connectivity index (χ0) is 11.9. The van der Waals surface area contributed by atoms with Gasteiger partial charge in [-0.25, -0.2) is 0 Å². The lowest BCUT2D eigenvalue weighted by Crippen LogP contribution is -2.57. The molecule has 0 bridgehead atoms. The van der Waals surface area contributed by atoms with Crippen LogP contribution in [0.4, 0.5) is 4.11 Å². The van der Waals surface area contributed by atoms with Crippen LogP contribution in [0.5, 0.6) is 0 Å². The van der Waals surface area contributed by atoms with Crippen LogP contribution < -0.4 is 5.38 Å². The number of rotatable bonds is 1. The molecule has 1 aromatic heterocycles. The van der Waals surface area contributed by atoms with Gasteiger partial charge in [-0.1, -0.05) is 41.5 Å². The molecule has 0 aliphatic heterocycles. The Hall–Kier alpha value is -0.573. The van der Waals surface area contributed by atoms with Gasteiger partial charge in [-0.3, -0.25) is 0 Å². The second-order valence-corrected chi connectivity index (χ2v) is 10.9. The maximum absolute atomic E-state index is 15.4. The SMILES string of the molecule is CC(C)(C)[Si](F)(c1ccco1)C(C)(C)C. The van der Waals surface area contributed by atoms with Crippen molar-refractivity contribution in [2.24, 2.45) is 0 Å². The molecule has 1 aromatic rings. The van der Waals surface area contributed by atoms with Crippen LogP contribution in [0.1, 0.15) is 41.5 Å². The molecule has 3 heteroatoms. The predicted molar refractivity (Wildman–Crippen MR) is 64.6 cm³/mol. The molecule has 0 N–H and O–H groups in total. The fraction of sp³-hybridized carbons (Fsp3) is 0.667. The number of furan rings is 1. The van der Waals surface area contributed by atoms with Crippen LogP contribution in [0.25, 0.3) is 0 Å². The van der Waals surface area contributed by atoms with Gasteiger partial charge >= 0.3 is 8.41 Å². The minimum atomic E-state index is -3.14. The molecule has 0 saturated heterocycles. The van der Waals surface area contributed by atoms with E-state index in [1.807, 2.05) is 41.5 Å². The highest BCUT2D eigenvalue weighted by molar-refractivity contribution is 6.89. The third-order valence-electron chi connectivity index (χ3n) is 2.93. The van der Waals surface area contributed by atoms with E-state index >= 15 is 4.11 Å². The highest BCUT2D eigenvalue weighted by atomic mass is 28.4. The molecule has 0 atom stereocenters. The molecule has 0 aliphatic rings. The normalized spacial score (nSPS) is 14.3. The van der Waals surface area contributed by atoms with Crippen molar-refractivity contribution < 1.29 is 8.52 Å². The third-order valence-corrected chi connectivity index (χ3v) is 8.03. The molecule has 1 heterocycles. The second-order valence-electron chi connectivity index (χ2n) is 6.14. The summed E-state index contributed by atoms with van der Waals surface area (Å²) in [5.74, 6) is 0. The van der Waals surface area contributed by atoms with E-state index in [1.165, 1.54) is 0 Å². The molecular weight excluding hydrogens is 207 g/mol. The summed E-state index contributed by atoms with van der Waals surface area (Å²) < 4.78 is 20.8. The Morgan fingerprint density at radius 1 is 1.07 bits per heavy atom. The molecular formula is C12H21FOSi. The van der Waals surface area contributed by atoms with E-state index in [1.54, 1.807) is 18.4 Å². The van der Waals surface area contributed by atoms with Crippen LogP contribution in [0.15, 0.2) is 22.8 Å². The molecule has 0 fully saturated rings. The number of hydrogen-bond donors (Lipinski definition) is 0. The monoisotopic (exact) mass is 228 g/mol. The lowest BCUT2D eigenvalue weighted by molar-refractivity contribution is 0.500. The first-order valence-electron chi connectivity index (χ1n) is 5.33. The van der Waals surface area contributed by atoms with Gasteiger partial charge in [-0.05, 0) is 22.2 Å². The third kappa shape index (κ3) is 1.89. The predicted octanol–water partition coefficient (Wildman–Crippen LogP) is 4.00. The van der Waals surface area contributed by atoms with Crippen molar-refractivity contribution in [3.8, 4) is 0 Å². The van der Waals surface area contributed by atoms with Gasteiger partial charge in [0.2, 0.25) is 0 Å². The first-order valence-corrected chi connectivity index (χ1v) is 7.21. The highest BCUT2D eigenvalue weighted by Crippen LogP contribution is 2.51. The quantitative estimate of drug-likeness (QED) is 0.523. The van der Waals surface area contributed by atoms with Crippen molar-refractivity contribution in [1.29, 1.82) is 0 Å². The van der Waals surface area contributed by atoms with Crippen LogP contribution in [0, 0.1) is 0 Å². The highest BCUT2D eigenvalue weighted by Gasteiger charge is 2.58. The van der Waals surface area contributed by atoms with Gasteiger partial charge < -0.3 is 8.52 Å². The minimum Gasteiger partial charge on any atom is -0.471 e. The summed E-state index contributed by atoms with van der Waals surface area (Å²) in [5, 5.41) is -0.158. The van der Waals surface area contributed by atoms with Crippen LogP contribution in [-0.4, -0.2) is 8.41 Å². The van der Waals surface area contributed by atoms with E-state index in [0.29, 0.717) is 5.38 Å². The average molecular weight is 228 g/mol. The van der Waals surface area contributed by atoms with Crippen molar-refractivity contribution in [2.45, 2.75) is 51.6 Å². The summed E-state index contributed by atoms with van der Waals surface area (Å²) >= 11 is 0. The van der Waals surface area contributed by atoms with Crippen LogP contribution >= 0.6 is 0 Å². The van der Waals surface area contributed by atoms with E-state index < -0.39 is 8.41 Å². The molecule has 15 heavy (non-hydrogen) atoms. The van der Waals surface area contributed by atoms with Gasteiger partial charge in [0.05, 0.1) is 6.26 Å². The molecule has 1 nitrogen and oxygen atoms in total. The summed E-state index contributed by atoms with van der Waals surface area (Å²) in [7, 11) is -3.14. The Kier molecular flexibility index (Phi) is 2.90. The first-order chi connectivity index (χ1) is 6.61. The van der Waals surface area contributed by atoms with E-state index in [2.05, 4.69) is 0 Å². The summed E-state index contributed by atoms with van der Waals surface area (Å²) in [6, 6.07) is 3.55. The van der Waals surface area contributed by atoms with Gasteiger partial charge in [0.1, 0.15) is 5.38 Å². The zero-order valence-corrected chi connectivity index (χ0v) is 11.5. The Morgan fingerprint density at radius 2 is 1.53 bits per heavy atom. The van der Waals surface area contributed by atoms with Crippen LogP contribution in [0.3, 0.4) is 0 Å². The summed E-state index contributed by atoms with van der Waals surface area (Å²) in [4.78, 5) is 0. The molecule has 86 valence electrons. The van der Waals surface area contributed by atoms with Gasteiger partial charge in [-0.15, -0.1) is 0 Å². The second kappa shape index (κ2) is 3.48. The molecule has 1 rings (SSSR count). The lowest BCUT2D eigenvalue weighted by atomic mass is 10.2. The summed E-state index contributed by atoms with van der Waals surface area (Å²) in [6.07, 6.45) is 1.56. The largest absolute Gasteiger partial charge is 0.471 e. The van der Waals surface area contributed by atoms with Gasteiger partial charge in [-0.2, -0.15) is 0 Å². The van der Waals surface area contributed by atoms with Crippen molar-refractivity contribution in [1.82, 2.24) is 0 Å². The molecule has 0 radical (unpaired) electrons. The van der Waals surface area contributed by atoms with Crippen molar-refractivity contribution in [3.05, 3.63) is 18.4 Å². The topological polar surface area (TPSA) is 13.1 Å². The maximum atomic E-state index is 15.4. The Labute approximate surface area is 92.9 Å². The van der Waals surface area contributed by atoms with Crippen LogP contribution in [0.2, 0.25) is 10.1 Å². The molecule has 0 unspecified atom stereocenters. The van der Waals surface area contributed by atoms with E-state index in [4.69, 9.17) is 4.42 Å². The average Bonchev–Trinajstić information content (AvgIpc) is 2.49. The molecule has 0 aliphatic carbocycles. The Bertz CT molecular complexity index is 302. The first kappa shape index (κ1) is 12.5. The smallest absolute Gasteiger partial charge is 0.326 e.